The van der Waals surface area contributed by atoms with E-state index in [1.807, 2.05) is 42.5 Å². The molecule has 7 nitrogen and oxygen atoms in total. The molecule has 0 saturated carbocycles. The SMILES string of the molecule is COC(=O)/C(O)=C/C(=O)N(C)C(c1ccc(OC)cc1)C1C=CC(OC)=CC1. The second-order valence-corrected chi connectivity index (χ2v) is 6.26. The Morgan fingerprint density at radius 2 is 1.86 bits per heavy atom. The highest BCUT2D eigenvalue weighted by molar-refractivity contribution is 5.96. The molecule has 7 heteroatoms. The van der Waals surface area contributed by atoms with Crippen LogP contribution in [0.3, 0.4) is 0 Å². The standard InChI is InChI=1S/C21H25NO6/c1-22(19(24)13-18(23)21(25)28-4)20(14-5-9-16(26-2)10-6-14)15-7-11-17(27-3)12-8-15/h5-7,9-13,15,20,23H,8H2,1-4H3/b18-13-. The number of likely N-dealkylation sites (N-methyl/N-ethyl adjacent to an activating group) is 1. The van der Waals surface area contributed by atoms with Crippen molar-refractivity contribution in [2.24, 2.45) is 5.92 Å². The third-order valence-electron chi connectivity index (χ3n) is 4.62. The van der Waals surface area contributed by atoms with E-state index in [9.17, 15) is 14.7 Å². The minimum Gasteiger partial charge on any atom is -0.502 e. The van der Waals surface area contributed by atoms with Crippen LogP contribution in [0.1, 0.15) is 18.0 Å². The summed E-state index contributed by atoms with van der Waals surface area (Å²) in [6.45, 7) is 0. The molecule has 1 aromatic carbocycles. The second-order valence-electron chi connectivity index (χ2n) is 6.26. The fourth-order valence-electron chi connectivity index (χ4n) is 3.08. The molecule has 28 heavy (non-hydrogen) atoms. The molecule has 1 aromatic rings. The first kappa shape index (κ1) is 21.1. The van der Waals surface area contributed by atoms with Crippen molar-refractivity contribution in [1.82, 2.24) is 4.90 Å². The third kappa shape index (κ3) is 4.94. The van der Waals surface area contributed by atoms with Gasteiger partial charge in [0.15, 0.2) is 0 Å². The van der Waals surface area contributed by atoms with E-state index in [1.54, 1.807) is 21.3 Å². The van der Waals surface area contributed by atoms with Gasteiger partial charge in [0.1, 0.15) is 11.5 Å². The number of allylic oxidation sites excluding steroid dienone is 2. The first-order chi connectivity index (χ1) is 13.4. The Morgan fingerprint density at radius 1 is 1.18 bits per heavy atom. The van der Waals surface area contributed by atoms with Crippen LogP contribution in [-0.2, 0) is 19.1 Å². The minimum absolute atomic E-state index is 0.0186. The fraction of sp³-hybridized carbons (Fsp3) is 0.333. The van der Waals surface area contributed by atoms with Gasteiger partial charge in [-0.3, -0.25) is 4.79 Å². The number of rotatable bonds is 7. The smallest absolute Gasteiger partial charge is 0.373 e. The van der Waals surface area contributed by atoms with Gasteiger partial charge in [0.2, 0.25) is 5.76 Å². The minimum atomic E-state index is -0.965. The molecule has 1 aliphatic rings. The predicted molar refractivity (Wildman–Crippen MR) is 104 cm³/mol. The van der Waals surface area contributed by atoms with Gasteiger partial charge in [-0.25, -0.2) is 4.79 Å². The number of aliphatic hydroxyl groups excluding tert-OH is 1. The Balaban J connectivity index is 2.34. The summed E-state index contributed by atoms with van der Waals surface area (Å²) in [6.07, 6.45) is 7.35. The number of benzene rings is 1. The maximum absolute atomic E-state index is 12.7. The molecular formula is C21H25NO6. The Morgan fingerprint density at radius 3 is 2.36 bits per heavy atom. The second kappa shape index (κ2) is 9.64. The number of esters is 1. The number of methoxy groups -OCH3 is 3. The van der Waals surface area contributed by atoms with Gasteiger partial charge < -0.3 is 24.2 Å². The molecule has 0 fully saturated rings. The summed E-state index contributed by atoms with van der Waals surface area (Å²) in [6, 6.07) is 7.10. The van der Waals surface area contributed by atoms with Crippen LogP contribution in [0.5, 0.6) is 5.75 Å². The normalized spacial score (nSPS) is 17.4. The lowest BCUT2D eigenvalue weighted by Crippen LogP contribution is -2.35. The fourth-order valence-corrected chi connectivity index (χ4v) is 3.08. The molecule has 150 valence electrons. The van der Waals surface area contributed by atoms with Gasteiger partial charge in [-0.1, -0.05) is 18.2 Å². The van der Waals surface area contributed by atoms with Crippen LogP contribution in [-0.4, -0.2) is 50.3 Å². The van der Waals surface area contributed by atoms with E-state index in [4.69, 9.17) is 9.47 Å². The van der Waals surface area contributed by atoms with Gasteiger partial charge in [0.25, 0.3) is 5.91 Å². The predicted octanol–water partition coefficient (Wildman–Crippen LogP) is 2.92. The number of ether oxygens (including phenoxy) is 3. The largest absolute Gasteiger partial charge is 0.502 e. The zero-order valence-electron chi connectivity index (χ0n) is 16.4. The Labute approximate surface area is 164 Å². The van der Waals surface area contributed by atoms with Crippen molar-refractivity contribution in [3.8, 4) is 5.75 Å². The van der Waals surface area contributed by atoms with Crippen molar-refractivity contribution in [2.75, 3.05) is 28.4 Å². The van der Waals surface area contributed by atoms with Crippen LogP contribution < -0.4 is 4.74 Å². The van der Waals surface area contributed by atoms with Crippen molar-refractivity contribution < 1.29 is 28.9 Å². The molecule has 0 aliphatic heterocycles. The molecule has 0 saturated heterocycles. The van der Waals surface area contributed by atoms with Gasteiger partial charge in [0, 0.05) is 13.0 Å². The number of carbonyl (C=O) groups is 2. The number of hydrogen-bond donors (Lipinski definition) is 1. The van der Waals surface area contributed by atoms with E-state index < -0.39 is 17.6 Å². The topological polar surface area (TPSA) is 85.3 Å². The molecule has 1 N–H and O–H groups in total. The zero-order valence-corrected chi connectivity index (χ0v) is 16.4. The van der Waals surface area contributed by atoms with Gasteiger partial charge in [-0.05, 0) is 36.3 Å². The van der Waals surface area contributed by atoms with Crippen molar-refractivity contribution in [1.29, 1.82) is 0 Å². The quantitative estimate of drug-likeness (QED) is 0.440. The van der Waals surface area contributed by atoms with E-state index in [0.29, 0.717) is 12.2 Å². The number of amides is 1. The van der Waals surface area contributed by atoms with Crippen molar-refractivity contribution >= 4 is 11.9 Å². The first-order valence-electron chi connectivity index (χ1n) is 8.73. The van der Waals surface area contributed by atoms with E-state index >= 15 is 0 Å². The van der Waals surface area contributed by atoms with E-state index in [-0.39, 0.29) is 12.0 Å². The number of hydrogen-bond acceptors (Lipinski definition) is 6. The highest BCUT2D eigenvalue weighted by Gasteiger charge is 2.29. The van der Waals surface area contributed by atoms with Crippen LogP contribution in [0, 0.1) is 5.92 Å². The van der Waals surface area contributed by atoms with Crippen molar-refractivity contribution in [3.05, 3.63) is 65.7 Å². The zero-order chi connectivity index (χ0) is 20.7. The molecule has 0 heterocycles. The summed E-state index contributed by atoms with van der Waals surface area (Å²) >= 11 is 0. The van der Waals surface area contributed by atoms with E-state index in [0.717, 1.165) is 24.5 Å². The van der Waals surface area contributed by atoms with E-state index in [2.05, 4.69) is 4.74 Å². The van der Waals surface area contributed by atoms with Crippen LogP contribution in [0.25, 0.3) is 0 Å². The molecule has 2 rings (SSSR count). The molecule has 2 unspecified atom stereocenters. The van der Waals surface area contributed by atoms with Crippen LogP contribution in [0.2, 0.25) is 0 Å². The number of carbonyl (C=O) groups excluding carboxylic acids is 2. The lowest BCUT2D eigenvalue weighted by molar-refractivity contribution is -0.139. The highest BCUT2D eigenvalue weighted by atomic mass is 16.5. The molecule has 0 bridgehead atoms. The molecule has 0 spiro atoms. The van der Waals surface area contributed by atoms with Gasteiger partial charge in [-0.15, -0.1) is 0 Å². The molecule has 2 atom stereocenters. The summed E-state index contributed by atoms with van der Waals surface area (Å²) in [4.78, 5) is 25.5. The Hall–Kier alpha value is -3.22. The maximum Gasteiger partial charge on any atom is 0.373 e. The third-order valence-corrected chi connectivity index (χ3v) is 4.62. The molecule has 0 aromatic heterocycles. The summed E-state index contributed by atoms with van der Waals surface area (Å²) in [5, 5.41) is 9.72. The molecule has 1 amide bonds. The van der Waals surface area contributed by atoms with E-state index in [1.165, 1.54) is 4.90 Å². The average Bonchev–Trinajstić information content (AvgIpc) is 2.74. The summed E-state index contributed by atoms with van der Waals surface area (Å²) in [5.74, 6) is -0.766. The molecule has 1 aliphatic carbocycles. The summed E-state index contributed by atoms with van der Waals surface area (Å²) in [5.41, 5.74) is 0.895. The number of nitrogens with zero attached hydrogens (tertiary/aromatic N) is 1. The van der Waals surface area contributed by atoms with Gasteiger partial charge in [0.05, 0.1) is 33.4 Å². The summed E-state index contributed by atoms with van der Waals surface area (Å²) in [7, 11) is 5.95. The first-order valence-corrected chi connectivity index (χ1v) is 8.73. The van der Waals surface area contributed by atoms with Crippen molar-refractivity contribution in [3.63, 3.8) is 0 Å². The number of aliphatic hydroxyl groups is 1. The monoisotopic (exact) mass is 387 g/mol. The average molecular weight is 387 g/mol. The molecule has 0 radical (unpaired) electrons. The Kier molecular flexibility index (Phi) is 7.26. The maximum atomic E-state index is 12.7. The highest BCUT2D eigenvalue weighted by Crippen LogP contribution is 2.35. The van der Waals surface area contributed by atoms with Crippen LogP contribution >= 0.6 is 0 Å². The van der Waals surface area contributed by atoms with Crippen LogP contribution in [0.4, 0.5) is 0 Å². The van der Waals surface area contributed by atoms with Crippen LogP contribution in [0.15, 0.2) is 60.1 Å². The summed E-state index contributed by atoms with van der Waals surface area (Å²) < 4.78 is 14.9. The van der Waals surface area contributed by atoms with Crippen molar-refractivity contribution in [2.45, 2.75) is 12.5 Å². The van der Waals surface area contributed by atoms with Gasteiger partial charge >= 0.3 is 5.97 Å². The Bertz CT molecular complexity index is 794. The lowest BCUT2D eigenvalue weighted by atomic mass is 9.86. The van der Waals surface area contributed by atoms with Gasteiger partial charge in [-0.2, -0.15) is 0 Å². The molecular weight excluding hydrogens is 362 g/mol. The lowest BCUT2D eigenvalue weighted by Gasteiger charge is -2.34.